The van der Waals surface area contributed by atoms with E-state index in [1.165, 1.54) is 11.0 Å². The summed E-state index contributed by atoms with van der Waals surface area (Å²) in [5, 5.41) is 0. The zero-order valence-corrected chi connectivity index (χ0v) is 13.4. The van der Waals surface area contributed by atoms with E-state index in [1.54, 1.807) is 21.0 Å². The lowest BCUT2D eigenvalue weighted by atomic mass is 9.87. The van der Waals surface area contributed by atoms with E-state index < -0.39 is 17.2 Å². The topological polar surface area (TPSA) is 38.8 Å². The molecule has 0 aromatic heterocycles. The molecule has 4 nitrogen and oxygen atoms in total. The number of carbonyl (C=O) groups is 1. The number of halogens is 3. The number of benzene rings is 1. The molecule has 1 aromatic rings. The van der Waals surface area contributed by atoms with E-state index in [0.29, 0.717) is 24.3 Å². The van der Waals surface area contributed by atoms with Crippen molar-refractivity contribution in [2.24, 2.45) is 5.41 Å². The SMILES string of the molecule is COCCC(C)(C)C(=O)N1COc2ccc(C(F)(F)F)cc2C1. The van der Waals surface area contributed by atoms with Crippen LogP contribution in [0.3, 0.4) is 0 Å². The summed E-state index contributed by atoms with van der Waals surface area (Å²) in [5.41, 5.74) is -1.05. The Morgan fingerprint density at radius 2 is 2.04 bits per heavy atom. The number of methoxy groups -OCH3 is 1. The fourth-order valence-electron chi connectivity index (χ4n) is 2.44. The van der Waals surface area contributed by atoms with Crippen LogP contribution in [0.1, 0.15) is 31.4 Å². The molecular formula is C16H20F3NO3. The predicted octanol–water partition coefficient (Wildman–Crippen LogP) is 3.45. The lowest BCUT2D eigenvalue weighted by molar-refractivity contribution is -0.146. The fraction of sp³-hybridized carbons (Fsp3) is 0.562. The number of hydrogen-bond donors (Lipinski definition) is 0. The van der Waals surface area contributed by atoms with Gasteiger partial charge in [0.2, 0.25) is 5.91 Å². The summed E-state index contributed by atoms with van der Waals surface area (Å²) < 4.78 is 48.8. The molecule has 1 heterocycles. The highest BCUT2D eigenvalue weighted by atomic mass is 19.4. The molecule has 0 aliphatic carbocycles. The molecule has 1 aliphatic heterocycles. The van der Waals surface area contributed by atoms with Gasteiger partial charge in [0, 0.05) is 24.7 Å². The average molecular weight is 331 g/mol. The highest BCUT2D eigenvalue weighted by molar-refractivity contribution is 5.82. The summed E-state index contributed by atoms with van der Waals surface area (Å²) in [7, 11) is 1.56. The number of hydrogen-bond acceptors (Lipinski definition) is 3. The second kappa shape index (κ2) is 6.39. The number of alkyl halides is 3. The third-order valence-corrected chi connectivity index (χ3v) is 3.92. The molecule has 1 aliphatic rings. The molecule has 2 rings (SSSR count). The van der Waals surface area contributed by atoms with Gasteiger partial charge >= 0.3 is 6.18 Å². The van der Waals surface area contributed by atoms with Gasteiger partial charge in [0.25, 0.3) is 0 Å². The predicted molar refractivity (Wildman–Crippen MR) is 77.8 cm³/mol. The molecule has 23 heavy (non-hydrogen) atoms. The second-order valence-electron chi connectivity index (χ2n) is 6.22. The van der Waals surface area contributed by atoms with Gasteiger partial charge in [0.1, 0.15) is 5.75 Å². The lowest BCUT2D eigenvalue weighted by Crippen LogP contribution is -2.44. The minimum Gasteiger partial charge on any atom is -0.473 e. The smallest absolute Gasteiger partial charge is 0.416 e. The molecule has 0 saturated carbocycles. The van der Waals surface area contributed by atoms with Crippen molar-refractivity contribution in [2.75, 3.05) is 20.4 Å². The van der Waals surface area contributed by atoms with Gasteiger partial charge < -0.3 is 14.4 Å². The van der Waals surface area contributed by atoms with Crippen LogP contribution in [0.2, 0.25) is 0 Å². The van der Waals surface area contributed by atoms with Crippen molar-refractivity contribution in [1.29, 1.82) is 0 Å². The van der Waals surface area contributed by atoms with Crippen LogP contribution in [0.15, 0.2) is 18.2 Å². The van der Waals surface area contributed by atoms with Crippen molar-refractivity contribution in [3.05, 3.63) is 29.3 Å². The number of fused-ring (bicyclic) bond motifs is 1. The number of nitrogens with zero attached hydrogens (tertiary/aromatic N) is 1. The fourth-order valence-corrected chi connectivity index (χ4v) is 2.44. The first kappa shape index (κ1) is 17.6. The quantitative estimate of drug-likeness (QED) is 0.848. The average Bonchev–Trinajstić information content (AvgIpc) is 2.50. The van der Waals surface area contributed by atoms with Gasteiger partial charge in [-0.25, -0.2) is 0 Å². The Balaban J connectivity index is 2.17. The van der Waals surface area contributed by atoms with Gasteiger partial charge in [-0.2, -0.15) is 13.2 Å². The van der Waals surface area contributed by atoms with E-state index in [1.807, 2.05) is 0 Å². The molecule has 0 saturated heterocycles. The number of amides is 1. The molecule has 0 N–H and O–H groups in total. The van der Waals surface area contributed by atoms with Gasteiger partial charge in [0.15, 0.2) is 6.73 Å². The molecule has 1 amide bonds. The summed E-state index contributed by atoms with van der Waals surface area (Å²) >= 11 is 0. The summed E-state index contributed by atoms with van der Waals surface area (Å²) in [4.78, 5) is 14.0. The van der Waals surface area contributed by atoms with Crippen LogP contribution in [0.5, 0.6) is 5.75 Å². The van der Waals surface area contributed by atoms with Gasteiger partial charge in [0.05, 0.1) is 12.1 Å². The van der Waals surface area contributed by atoms with Crippen LogP contribution in [0.4, 0.5) is 13.2 Å². The number of rotatable bonds is 4. The van der Waals surface area contributed by atoms with Crippen LogP contribution in [-0.2, 0) is 22.3 Å². The van der Waals surface area contributed by atoms with Crippen molar-refractivity contribution >= 4 is 5.91 Å². The Labute approximate surface area is 133 Å². The van der Waals surface area contributed by atoms with E-state index in [9.17, 15) is 18.0 Å². The summed E-state index contributed by atoms with van der Waals surface area (Å²) in [6.45, 7) is 4.15. The van der Waals surface area contributed by atoms with Crippen molar-refractivity contribution in [3.63, 3.8) is 0 Å². The first-order valence-electron chi connectivity index (χ1n) is 7.26. The maximum atomic E-state index is 12.8. The van der Waals surface area contributed by atoms with Gasteiger partial charge in [-0.05, 0) is 24.6 Å². The highest BCUT2D eigenvalue weighted by Crippen LogP contribution is 2.35. The van der Waals surface area contributed by atoms with Crippen LogP contribution >= 0.6 is 0 Å². The first-order valence-corrected chi connectivity index (χ1v) is 7.26. The number of ether oxygens (including phenoxy) is 2. The molecule has 0 radical (unpaired) electrons. The molecule has 1 aromatic carbocycles. The molecule has 0 atom stereocenters. The maximum absolute atomic E-state index is 12.8. The Hall–Kier alpha value is -1.76. The Morgan fingerprint density at radius 1 is 1.35 bits per heavy atom. The molecule has 7 heteroatoms. The monoisotopic (exact) mass is 331 g/mol. The minimum absolute atomic E-state index is 0.0353. The summed E-state index contributed by atoms with van der Waals surface area (Å²) in [5.74, 6) is 0.217. The van der Waals surface area contributed by atoms with E-state index in [2.05, 4.69) is 0 Å². The first-order chi connectivity index (χ1) is 10.6. The molecular weight excluding hydrogens is 311 g/mol. The van der Waals surface area contributed by atoms with E-state index in [4.69, 9.17) is 9.47 Å². The van der Waals surface area contributed by atoms with Crippen LogP contribution < -0.4 is 4.74 Å². The zero-order chi connectivity index (χ0) is 17.3. The third-order valence-electron chi connectivity index (χ3n) is 3.92. The summed E-state index contributed by atoms with van der Waals surface area (Å²) in [6.07, 6.45) is -3.90. The lowest BCUT2D eigenvalue weighted by Gasteiger charge is -2.35. The van der Waals surface area contributed by atoms with Crippen LogP contribution in [0.25, 0.3) is 0 Å². The largest absolute Gasteiger partial charge is 0.473 e. The van der Waals surface area contributed by atoms with Gasteiger partial charge in [-0.1, -0.05) is 13.8 Å². The Bertz CT molecular complexity index is 584. The minimum atomic E-state index is -4.42. The molecule has 0 fully saturated rings. The van der Waals surface area contributed by atoms with E-state index in [-0.39, 0.29) is 19.2 Å². The summed E-state index contributed by atoms with van der Waals surface area (Å²) in [6, 6.07) is 3.33. The number of carbonyl (C=O) groups excluding carboxylic acids is 1. The highest BCUT2D eigenvalue weighted by Gasteiger charge is 2.36. The molecule has 0 spiro atoms. The molecule has 0 bridgehead atoms. The molecule has 0 unspecified atom stereocenters. The van der Waals surface area contributed by atoms with Crippen LogP contribution in [0, 0.1) is 5.41 Å². The van der Waals surface area contributed by atoms with Crippen molar-refractivity contribution in [3.8, 4) is 5.75 Å². The normalized spacial score (nSPS) is 15.1. The van der Waals surface area contributed by atoms with E-state index >= 15 is 0 Å². The van der Waals surface area contributed by atoms with E-state index in [0.717, 1.165) is 12.1 Å². The van der Waals surface area contributed by atoms with Gasteiger partial charge in [-0.3, -0.25) is 4.79 Å². The second-order valence-corrected chi connectivity index (χ2v) is 6.22. The Morgan fingerprint density at radius 3 is 2.65 bits per heavy atom. The third kappa shape index (κ3) is 3.96. The standard InChI is InChI=1S/C16H20F3NO3/c1-15(2,6-7-22-3)14(21)20-9-11-8-12(16(17,18)19)4-5-13(11)23-10-20/h4-5,8H,6-7,9-10H2,1-3H3. The Kier molecular flexibility index (Phi) is 4.89. The maximum Gasteiger partial charge on any atom is 0.416 e. The zero-order valence-electron chi connectivity index (χ0n) is 13.4. The molecule has 128 valence electrons. The van der Waals surface area contributed by atoms with Crippen molar-refractivity contribution in [2.45, 2.75) is 33.0 Å². The van der Waals surface area contributed by atoms with Gasteiger partial charge in [-0.15, -0.1) is 0 Å². The van der Waals surface area contributed by atoms with Crippen LogP contribution in [-0.4, -0.2) is 31.3 Å². The van der Waals surface area contributed by atoms with Crippen molar-refractivity contribution < 1.29 is 27.4 Å². The van der Waals surface area contributed by atoms with Crippen molar-refractivity contribution in [1.82, 2.24) is 4.90 Å².